The Morgan fingerprint density at radius 2 is 2.00 bits per heavy atom. The number of piperazine rings is 1. The van der Waals surface area contributed by atoms with Gasteiger partial charge in [0.25, 0.3) is 5.69 Å². The van der Waals surface area contributed by atoms with Crippen LogP contribution in [0.5, 0.6) is 0 Å². The quantitative estimate of drug-likeness (QED) is 0.639. The standard InChI is InChI=1S/C16H22BrN3O3/c17-14-2-1-13(11-15(14)20(21)22)16(12-3-9-23-10-4-12)19-7-5-18-6-8-19/h1-2,11-12,16,18H,3-10H2/t16-/m0/s1. The Morgan fingerprint density at radius 1 is 1.30 bits per heavy atom. The second-order valence-corrected chi connectivity index (χ2v) is 7.00. The van der Waals surface area contributed by atoms with E-state index >= 15 is 0 Å². The number of halogens is 1. The summed E-state index contributed by atoms with van der Waals surface area (Å²) in [4.78, 5) is 13.4. The van der Waals surface area contributed by atoms with E-state index in [1.807, 2.05) is 12.1 Å². The lowest BCUT2D eigenvalue weighted by molar-refractivity contribution is -0.385. The molecule has 2 aliphatic heterocycles. The SMILES string of the molecule is O=[N+]([O-])c1cc([C@H](C2CCOCC2)N2CCNCC2)ccc1Br. The van der Waals surface area contributed by atoms with E-state index in [4.69, 9.17) is 4.74 Å². The summed E-state index contributed by atoms with van der Waals surface area (Å²) in [5.41, 5.74) is 1.20. The first kappa shape index (κ1) is 16.8. The smallest absolute Gasteiger partial charge is 0.283 e. The Hall–Kier alpha value is -1.02. The van der Waals surface area contributed by atoms with Gasteiger partial charge >= 0.3 is 0 Å². The van der Waals surface area contributed by atoms with Crippen molar-refractivity contribution in [1.29, 1.82) is 0 Å². The summed E-state index contributed by atoms with van der Waals surface area (Å²) in [6, 6.07) is 5.81. The van der Waals surface area contributed by atoms with Gasteiger partial charge in [-0.3, -0.25) is 15.0 Å². The maximum atomic E-state index is 11.3. The van der Waals surface area contributed by atoms with Crippen LogP contribution in [0, 0.1) is 16.0 Å². The molecule has 3 rings (SSSR count). The fourth-order valence-corrected chi connectivity index (χ4v) is 4.02. The van der Waals surface area contributed by atoms with E-state index in [9.17, 15) is 10.1 Å². The molecular weight excluding hydrogens is 362 g/mol. The molecule has 23 heavy (non-hydrogen) atoms. The second kappa shape index (κ2) is 7.70. The molecule has 2 aliphatic rings. The van der Waals surface area contributed by atoms with Gasteiger partial charge in [-0.15, -0.1) is 0 Å². The molecule has 0 amide bonds. The highest BCUT2D eigenvalue weighted by atomic mass is 79.9. The van der Waals surface area contributed by atoms with E-state index in [0.29, 0.717) is 10.4 Å². The molecule has 1 atom stereocenters. The van der Waals surface area contributed by atoms with Crippen molar-refractivity contribution in [2.24, 2.45) is 5.92 Å². The Balaban J connectivity index is 1.93. The molecule has 0 saturated carbocycles. The molecule has 0 unspecified atom stereocenters. The van der Waals surface area contributed by atoms with Crippen LogP contribution in [0.1, 0.15) is 24.4 Å². The van der Waals surface area contributed by atoms with E-state index in [1.165, 1.54) is 0 Å². The number of hydrogen-bond acceptors (Lipinski definition) is 5. The zero-order valence-electron chi connectivity index (χ0n) is 13.0. The molecule has 0 aromatic heterocycles. The van der Waals surface area contributed by atoms with Crippen molar-refractivity contribution in [1.82, 2.24) is 10.2 Å². The van der Waals surface area contributed by atoms with Gasteiger partial charge in [0, 0.05) is 51.5 Å². The predicted molar refractivity (Wildman–Crippen MR) is 91.5 cm³/mol. The van der Waals surface area contributed by atoms with Gasteiger partial charge in [0.15, 0.2) is 0 Å². The Morgan fingerprint density at radius 3 is 2.65 bits per heavy atom. The summed E-state index contributed by atoms with van der Waals surface area (Å²) in [6.07, 6.45) is 2.02. The molecule has 1 aromatic carbocycles. The van der Waals surface area contributed by atoms with Gasteiger partial charge in [0.2, 0.25) is 0 Å². The number of hydrogen-bond donors (Lipinski definition) is 1. The van der Waals surface area contributed by atoms with Crippen LogP contribution in [-0.2, 0) is 4.74 Å². The van der Waals surface area contributed by atoms with Crippen LogP contribution in [-0.4, -0.2) is 49.2 Å². The maximum absolute atomic E-state index is 11.3. The third-order valence-electron chi connectivity index (χ3n) is 4.77. The predicted octanol–water partition coefficient (Wildman–Crippen LogP) is 2.73. The van der Waals surface area contributed by atoms with Crippen LogP contribution in [0.2, 0.25) is 0 Å². The van der Waals surface area contributed by atoms with E-state index in [0.717, 1.165) is 57.8 Å². The average molecular weight is 384 g/mol. The summed E-state index contributed by atoms with van der Waals surface area (Å²) >= 11 is 3.29. The van der Waals surface area contributed by atoms with Crippen molar-refractivity contribution in [2.45, 2.75) is 18.9 Å². The highest BCUT2D eigenvalue weighted by Crippen LogP contribution is 2.38. The molecule has 1 aromatic rings. The average Bonchev–Trinajstić information content (AvgIpc) is 2.58. The third kappa shape index (κ3) is 3.91. The van der Waals surface area contributed by atoms with E-state index in [-0.39, 0.29) is 16.7 Å². The van der Waals surface area contributed by atoms with Crippen molar-refractivity contribution in [3.8, 4) is 0 Å². The highest BCUT2D eigenvalue weighted by Gasteiger charge is 2.32. The van der Waals surface area contributed by atoms with Crippen LogP contribution in [0.4, 0.5) is 5.69 Å². The molecule has 0 spiro atoms. The summed E-state index contributed by atoms with van der Waals surface area (Å²) < 4.78 is 6.05. The Kier molecular flexibility index (Phi) is 5.63. The summed E-state index contributed by atoms with van der Waals surface area (Å²) in [7, 11) is 0. The molecule has 2 fully saturated rings. The molecule has 0 aliphatic carbocycles. The molecule has 126 valence electrons. The molecule has 2 heterocycles. The monoisotopic (exact) mass is 383 g/mol. The van der Waals surface area contributed by atoms with Crippen LogP contribution in [0.25, 0.3) is 0 Å². The van der Waals surface area contributed by atoms with Gasteiger partial charge < -0.3 is 10.1 Å². The van der Waals surface area contributed by atoms with Gasteiger partial charge in [-0.25, -0.2) is 0 Å². The number of nitro benzene ring substituents is 1. The molecule has 6 nitrogen and oxygen atoms in total. The number of nitrogens with one attached hydrogen (secondary N) is 1. The minimum absolute atomic E-state index is 0.148. The highest BCUT2D eigenvalue weighted by molar-refractivity contribution is 9.10. The van der Waals surface area contributed by atoms with Gasteiger partial charge in [-0.1, -0.05) is 6.07 Å². The van der Waals surface area contributed by atoms with Crippen molar-refractivity contribution >= 4 is 21.6 Å². The van der Waals surface area contributed by atoms with E-state index in [2.05, 4.69) is 26.1 Å². The van der Waals surface area contributed by atoms with Crippen molar-refractivity contribution in [3.05, 3.63) is 38.3 Å². The molecule has 0 radical (unpaired) electrons. The molecule has 7 heteroatoms. The van der Waals surface area contributed by atoms with E-state index < -0.39 is 0 Å². The fourth-order valence-electron chi connectivity index (χ4n) is 3.63. The first-order valence-electron chi connectivity index (χ1n) is 8.13. The number of nitrogens with zero attached hydrogens (tertiary/aromatic N) is 2. The van der Waals surface area contributed by atoms with Crippen LogP contribution in [0.15, 0.2) is 22.7 Å². The molecular formula is C16H22BrN3O3. The van der Waals surface area contributed by atoms with Crippen LogP contribution >= 0.6 is 15.9 Å². The van der Waals surface area contributed by atoms with Crippen LogP contribution < -0.4 is 5.32 Å². The van der Waals surface area contributed by atoms with Gasteiger partial charge in [0.1, 0.15) is 0 Å². The summed E-state index contributed by atoms with van der Waals surface area (Å²) in [5.74, 6) is 0.489. The molecule has 0 bridgehead atoms. The summed E-state index contributed by atoms with van der Waals surface area (Å²) in [5, 5.41) is 14.7. The number of rotatable bonds is 4. The number of nitro groups is 1. The topological polar surface area (TPSA) is 67.6 Å². The molecule has 1 N–H and O–H groups in total. The summed E-state index contributed by atoms with van der Waals surface area (Å²) in [6.45, 7) is 5.46. The maximum Gasteiger partial charge on any atom is 0.283 e. The van der Waals surface area contributed by atoms with Crippen molar-refractivity contribution in [3.63, 3.8) is 0 Å². The number of ether oxygens (including phenoxy) is 1. The second-order valence-electron chi connectivity index (χ2n) is 6.15. The first-order chi connectivity index (χ1) is 11.2. The largest absolute Gasteiger partial charge is 0.381 e. The number of benzene rings is 1. The Labute approximate surface area is 144 Å². The van der Waals surface area contributed by atoms with Gasteiger partial charge in [0.05, 0.1) is 9.40 Å². The zero-order chi connectivity index (χ0) is 16.2. The van der Waals surface area contributed by atoms with Gasteiger partial charge in [-0.2, -0.15) is 0 Å². The lowest BCUT2D eigenvalue weighted by atomic mass is 9.85. The Bertz CT molecular complexity index is 540. The van der Waals surface area contributed by atoms with Gasteiger partial charge in [-0.05, 0) is 46.3 Å². The minimum atomic E-state index is -0.313. The normalized spacial score (nSPS) is 22.0. The molecule has 2 saturated heterocycles. The van der Waals surface area contributed by atoms with Crippen LogP contribution in [0.3, 0.4) is 0 Å². The minimum Gasteiger partial charge on any atom is -0.381 e. The first-order valence-corrected chi connectivity index (χ1v) is 8.92. The zero-order valence-corrected chi connectivity index (χ0v) is 14.6. The van der Waals surface area contributed by atoms with Crippen molar-refractivity contribution in [2.75, 3.05) is 39.4 Å². The lowest BCUT2D eigenvalue weighted by Gasteiger charge is -2.41. The van der Waals surface area contributed by atoms with E-state index in [1.54, 1.807) is 6.07 Å². The third-order valence-corrected chi connectivity index (χ3v) is 5.44. The lowest BCUT2D eigenvalue weighted by Crippen LogP contribution is -2.47. The fraction of sp³-hybridized carbons (Fsp3) is 0.625. The van der Waals surface area contributed by atoms with Crippen molar-refractivity contribution < 1.29 is 9.66 Å².